The van der Waals surface area contributed by atoms with Gasteiger partial charge in [0.25, 0.3) is 0 Å². The first-order chi connectivity index (χ1) is 12.3. The van der Waals surface area contributed by atoms with Gasteiger partial charge in [-0.1, -0.05) is 12.1 Å². The second-order valence-corrected chi connectivity index (χ2v) is 7.59. The summed E-state index contributed by atoms with van der Waals surface area (Å²) in [6.45, 7) is 7.46. The highest BCUT2D eigenvalue weighted by Gasteiger charge is 2.14. The highest BCUT2D eigenvalue weighted by molar-refractivity contribution is 7.15. The van der Waals surface area contributed by atoms with E-state index in [1.54, 1.807) is 11.3 Å². The average Bonchev–Trinajstić information content (AvgIpc) is 3.26. The van der Waals surface area contributed by atoms with Gasteiger partial charge in [-0.2, -0.15) is 0 Å². The van der Waals surface area contributed by atoms with E-state index in [4.69, 9.17) is 4.74 Å². The van der Waals surface area contributed by atoms with Gasteiger partial charge in [0.2, 0.25) is 0 Å². The summed E-state index contributed by atoms with van der Waals surface area (Å²) in [6.07, 6.45) is 5.16. The third-order valence-corrected chi connectivity index (χ3v) is 5.67. The van der Waals surface area contributed by atoms with Crippen molar-refractivity contribution in [3.05, 3.63) is 46.6 Å². The largest absolute Gasteiger partial charge is 0.378 e. The van der Waals surface area contributed by atoms with Crippen molar-refractivity contribution in [2.75, 3.05) is 37.7 Å². The minimum absolute atomic E-state index is 0.803. The molecule has 1 fully saturated rings. The number of morpholine rings is 1. The predicted molar refractivity (Wildman–Crippen MR) is 104 cm³/mol. The van der Waals surface area contributed by atoms with Crippen LogP contribution < -0.4 is 10.2 Å². The second kappa shape index (κ2) is 7.56. The number of fused-ring (bicyclic) bond motifs is 1. The number of H-pyrrole nitrogens is 1. The van der Waals surface area contributed by atoms with Crippen LogP contribution in [-0.4, -0.2) is 42.8 Å². The Balaban J connectivity index is 1.28. The van der Waals surface area contributed by atoms with Crippen LogP contribution in [-0.2, 0) is 17.7 Å². The van der Waals surface area contributed by atoms with Crippen LogP contribution >= 0.6 is 11.3 Å². The van der Waals surface area contributed by atoms with Gasteiger partial charge in [0.15, 0.2) is 5.13 Å². The predicted octanol–water partition coefficient (Wildman–Crippen LogP) is 3.10. The minimum atomic E-state index is 0.803. The molecule has 4 rings (SSSR count). The average molecular weight is 356 g/mol. The number of aromatic nitrogens is 2. The van der Waals surface area contributed by atoms with Gasteiger partial charge in [0.1, 0.15) is 0 Å². The molecule has 5 nitrogen and oxygen atoms in total. The first-order valence-electron chi connectivity index (χ1n) is 8.84. The number of anilines is 1. The molecule has 6 heteroatoms. The zero-order valence-electron chi connectivity index (χ0n) is 14.5. The molecule has 0 amide bonds. The van der Waals surface area contributed by atoms with Crippen LogP contribution in [0.5, 0.6) is 0 Å². The van der Waals surface area contributed by atoms with E-state index in [-0.39, 0.29) is 0 Å². The second-order valence-electron chi connectivity index (χ2n) is 6.50. The lowest BCUT2D eigenvalue weighted by atomic mass is 10.1. The van der Waals surface area contributed by atoms with Crippen LogP contribution in [0.4, 0.5) is 5.13 Å². The molecule has 132 valence electrons. The quantitative estimate of drug-likeness (QED) is 0.667. The summed E-state index contributed by atoms with van der Waals surface area (Å²) in [5.74, 6) is 0. The Morgan fingerprint density at radius 2 is 2.20 bits per heavy atom. The summed E-state index contributed by atoms with van der Waals surface area (Å²) < 4.78 is 5.40. The highest BCUT2D eigenvalue weighted by atomic mass is 32.1. The van der Waals surface area contributed by atoms with Crippen LogP contribution in [0.15, 0.2) is 30.6 Å². The molecule has 2 aromatic heterocycles. The Kier molecular flexibility index (Phi) is 5.01. The van der Waals surface area contributed by atoms with E-state index in [1.165, 1.54) is 26.9 Å². The molecule has 0 atom stereocenters. The molecule has 1 saturated heterocycles. The van der Waals surface area contributed by atoms with Gasteiger partial charge in [-0.05, 0) is 37.1 Å². The van der Waals surface area contributed by atoms with Gasteiger partial charge in [-0.25, -0.2) is 4.98 Å². The number of nitrogens with zero attached hydrogens (tertiary/aromatic N) is 2. The Bertz CT molecular complexity index is 835. The highest BCUT2D eigenvalue weighted by Crippen LogP contribution is 2.23. The van der Waals surface area contributed by atoms with Gasteiger partial charge < -0.3 is 19.9 Å². The van der Waals surface area contributed by atoms with Crippen molar-refractivity contribution in [3.63, 3.8) is 0 Å². The van der Waals surface area contributed by atoms with Crippen molar-refractivity contribution < 1.29 is 4.74 Å². The number of benzene rings is 1. The Hall–Kier alpha value is -1.89. The van der Waals surface area contributed by atoms with Crippen molar-refractivity contribution in [2.45, 2.75) is 19.9 Å². The fourth-order valence-corrected chi connectivity index (χ4v) is 4.15. The lowest BCUT2D eigenvalue weighted by Gasteiger charge is -2.25. The summed E-state index contributed by atoms with van der Waals surface area (Å²) in [5.41, 5.74) is 3.90. The molecule has 0 aliphatic carbocycles. The number of aryl methyl sites for hydroxylation is 1. The van der Waals surface area contributed by atoms with E-state index < -0.39 is 0 Å². The van der Waals surface area contributed by atoms with E-state index in [0.717, 1.165) is 50.9 Å². The molecule has 25 heavy (non-hydrogen) atoms. The van der Waals surface area contributed by atoms with Crippen molar-refractivity contribution in [1.29, 1.82) is 0 Å². The van der Waals surface area contributed by atoms with Crippen molar-refractivity contribution in [3.8, 4) is 0 Å². The molecule has 1 aromatic carbocycles. The molecule has 1 aliphatic rings. The maximum atomic E-state index is 5.40. The maximum absolute atomic E-state index is 5.40. The first kappa shape index (κ1) is 16.6. The maximum Gasteiger partial charge on any atom is 0.185 e. The lowest BCUT2D eigenvalue weighted by molar-refractivity contribution is 0.122. The van der Waals surface area contributed by atoms with Gasteiger partial charge in [-0.15, -0.1) is 11.3 Å². The summed E-state index contributed by atoms with van der Waals surface area (Å²) >= 11 is 1.78. The van der Waals surface area contributed by atoms with Gasteiger partial charge in [-0.3, -0.25) is 0 Å². The fourth-order valence-electron chi connectivity index (χ4n) is 3.22. The fraction of sp³-hybridized carbons (Fsp3) is 0.421. The van der Waals surface area contributed by atoms with Gasteiger partial charge >= 0.3 is 0 Å². The number of hydrogen-bond acceptors (Lipinski definition) is 5. The molecule has 0 radical (unpaired) electrons. The molecule has 0 bridgehead atoms. The monoisotopic (exact) mass is 356 g/mol. The van der Waals surface area contributed by atoms with E-state index in [9.17, 15) is 0 Å². The van der Waals surface area contributed by atoms with E-state index in [1.807, 2.05) is 6.20 Å². The molecule has 3 heterocycles. The third-order valence-electron chi connectivity index (χ3n) is 4.62. The van der Waals surface area contributed by atoms with Gasteiger partial charge in [0, 0.05) is 47.8 Å². The van der Waals surface area contributed by atoms with E-state index >= 15 is 0 Å². The minimum Gasteiger partial charge on any atom is -0.378 e. The molecular weight excluding hydrogens is 332 g/mol. The van der Waals surface area contributed by atoms with E-state index in [0.29, 0.717) is 0 Å². The Morgan fingerprint density at radius 1 is 1.32 bits per heavy atom. The van der Waals surface area contributed by atoms with Crippen LogP contribution in [0.2, 0.25) is 0 Å². The van der Waals surface area contributed by atoms with Crippen LogP contribution in [0.1, 0.15) is 16.0 Å². The SMILES string of the molecule is Cc1ccc2c(CCNCc3cnc(N4CCOCC4)s3)c[nH]c2c1. The van der Waals surface area contributed by atoms with E-state index in [2.05, 4.69) is 51.5 Å². The van der Waals surface area contributed by atoms with Crippen LogP contribution in [0.25, 0.3) is 10.9 Å². The van der Waals surface area contributed by atoms with Gasteiger partial charge in [0.05, 0.1) is 13.2 Å². The van der Waals surface area contributed by atoms with Crippen molar-refractivity contribution >= 4 is 27.4 Å². The van der Waals surface area contributed by atoms with Crippen LogP contribution in [0.3, 0.4) is 0 Å². The number of hydrogen-bond donors (Lipinski definition) is 2. The lowest BCUT2D eigenvalue weighted by Crippen LogP contribution is -2.36. The molecule has 2 N–H and O–H groups in total. The summed E-state index contributed by atoms with van der Waals surface area (Å²) in [5, 5.41) is 6.00. The Morgan fingerprint density at radius 3 is 3.08 bits per heavy atom. The summed E-state index contributed by atoms with van der Waals surface area (Å²) in [6, 6.07) is 6.60. The molecule has 0 spiro atoms. The third kappa shape index (κ3) is 3.86. The molecular formula is C19H24N4OS. The number of ether oxygens (including phenoxy) is 1. The standard InChI is InChI=1S/C19H24N4OS/c1-14-2-3-17-15(11-21-18(17)10-14)4-5-20-12-16-13-22-19(25-16)23-6-8-24-9-7-23/h2-3,10-11,13,20-21H,4-9,12H2,1H3. The Labute approximate surface area is 152 Å². The molecule has 3 aromatic rings. The molecule has 1 aliphatic heterocycles. The summed E-state index contributed by atoms with van der Waals surface area (Å²) in [7, 11) is 0. The summed E-state index contributed by atoms with van der Waals surface area (Å²) in [4.78, 5) is 11.5. The van der Waals surface area contributed by atoms with Crippen LogP contribution in [0, 0.1) is 6.92 Å². The number of thiazole rings is 1. The smallest absolute Gasteiger partial charge is 0.185 e. The zero-order valence-corrected chi connectivity index (χ0v) is 15.4. The molecule has 0 saturated carbocycles. The molecule has 0 unspecified atom stereocenters. The zero-order chi connectivity index (χ0) is 17.1. The number of aromatic amines is 1. The first-order valence-corrected chi connectivity index (χ1v) is 9.66. The normalized spacial score (nSPS) is 15.2. The number of rotatable bonds is 6. The topological polar surface area (TPSA) is 53.2 Å². The number of nitrogens with one attached hydrogen (secondary N) is 2. The van der Waals surface area contributed by atoms with Crippen molar-refractivity contribution in [2.24, 2.45) is 0 Å². The van der Waals surface area contributed by atoms with Crippen molar-refractivity contribution in [1.82, 2.24) is 15.3 Å².